The molecule has 0 spiro atoms. The Bertz CT molecular complexity index is 1340. The number of imidazole rings is 1. The first-order chi connectivity index (χ1) is 15.6. The Labute approximate surface area is 182 Å². The van der Waals surface area contributed by atoms with Gasteiger partial charge in [-0.2, -0.15) is 0 Å². The second-order valence-corrected chi connectivity index (χ2v) is 7.17. The molecule has 0 saturated heterocycles. The maximum atomic E-state index is 14.1. The van der Waals surface area contributed by atoms with Gasteiger partial charge in [-0.1, -0.05) is 11.2 Å². The second kappa shape index (κ2) is 8.22. The molecular weight excluding hydrogens is 414 g/mol. The molecule has 0 N–H and O–H groups in total. The van der Waals surface area contributed by atoms with E-state index in [0.717, 1.165) is 23.1 Å². The molecule has 0 aliphatic carbocycles. The lowest BCUT2D eigenvalue weighted by atomic mass is 10.1. The molecule has 0 radical (unpaired) electrons. The van der Waals surface area contributed by atoms with Crippen LogP contribution in [0.1, 0.15) is 12.7 Å². The summed E-state index contributed by atoms with van der Waals surface area (Å²) in [5.41, 5.74) is 2.84. The van der Waals surface area contributed by atoms with Crippen LogP contribution in [0.15, 0.2) is 71.5 Å². The number of aromatic nitrogens is 4. The number of halogens is 2. The number of rotatable bonds is 6. The molecule has 5 rings (SSSR count). The van der Waals surface area contributed by atoms with Crippen LogP contribution in [0.4, 0.5) is 8.78 Å². The molecule has 2 aliphatic heterocycles. The van der Waals surface area contributed by atoms with Gasteiger partial charge in [0.25, 0.3) is 0 Å². The average Bonchev–Trinajstić information content (AvgIpc) is 3.43. The van der Waals surface area contributed by atoms with Gasteiger partial charge in [-0.25, -0.2) is 18.7 Å². The third kappa shape index (κ3) is 3.82. The molecular formula is C24H18F2N4O2. The van der Waals surface area contributed by atoms with E-state index in [1.54, 1.807) is 12.3 Å². The Hall–Kier alpha value is -4.07. The fourth-order valence-electron chi connectivity index (χ4n) is 3.44. The Morgan fingerprint density at radius 1 is 0.969 bits per heavy atom. The van der Waals surface area contributed by atoms with Crippen LogP contribution in [0.25, 0.3) is 34.0 Å². The fourth-order valence-corrected chi connectivity index (χ4v) is 3.44. The van der Waals surface area contributed by atoms with Crippen molar-refractivity contribution in [1.29, 1.82) is 0 Å². The zero-order valence-corrected chi connectivity index (χ0v) is 17.1. The summed E-state index contributed by atoms with van der Waals surface area (Å²) in [6, 6.07) is 15.2. The molecule has 0 fully saturated rings. The van der Waals surface area contributed by atoms with Crippen LogP contribution >= 0.6 is 0 Å². The maximum absolute atomic E-state index is 14.1. The Morgan fingerprint density at radius 3 is 2.59 bits per heavy atom. The van der Waals surface area contributed by atoms with Crippen LogP contribution in [0.3, 0.4) is 0 Å². The Kier molecular flexibility index (Phi) is 5.10. The van der Waals surface area contributed by atoms with Crippen LogP contribution in [-0.4, -0.2) is 26.3 Å². The van der Waals surface area contributed by atoms with Crippen LogP contribution in [0, 0.1) is 11.6 Å². The molecule has 160 valence electrons. The predicted octanol–water partition coefficient (Wildman–Crippen LogP) is 5.43. The highest BCUT2D eigenvalue weighted by Crippen LogP contribution is 2.28. The third-order valence-corrected chi connectivity index (χ3v) is 4.98. The van der Waals surface area contributed by atoms with Gasteiger partial charge in [-0.3, -0.25) is 0 Å². The molecule has 0 bridgehead atoms. The molecule has 2 aliphatic rings. The van der Waals surface area contributed by atoms with Crippen LogP contribution in [0.5, 0.6) is 5.75 Å². The van der Waals surface area contributed by atoms with E-state index in [0.29, 0.717) is 30.3 Å². The normalized spacial score (nSPS) is 11.2. The number of nitrogens with zero attached hydrogens (tertiary/aromatic N) is 4. The molecule has 0 atom stereocenters. The monoisotopic (exact) mass is 432 g/mol. The first-order valence-electron chi connectivity index (χ1n) is 10.1. The summed E-state index contributed by atoms with van der Waals surface area (Å²) in [6.45, 7) is 2.98. The van der Waals surface area contributed by atoms with E-state index in [2.05, 4.69) is 15.1 Å². The van der Waals surface area contributed by atoms with Crippen molar-refractivity contribution in [2.24, 2.45) is 0 Å². The first kappa shape index (κ1) is 19.9. The van der Waals surface area contributed by atoms with Crippen molar-refractivity contribution in [3.05, 3.63) is 84.4 Å². The number of hydrogen-bond acceptors (Lipinski definition) is 5. The van der Waals surface area contributed by atoms with Gasteiger partial charge < -0.3 is 13.8 Å². The minimum absolute atomic E-state index is 0.0305. The highest BCUT2D eigenvalue weighted by molar-refractivity contribution is 5.66. The molecule has 2 aromatic carbocycles. The molecule has 0 unspecified atom stereocenters. The fraction of sp³-hybridized carbons (Fsp3) is 0.125. The lowest BCUT2D eigenvalue weighted by Crippen LogP contribution is -1.99. The Balaban J connectivity index is 1.37. The zero-order valence-electron chi connectivity index (χ0n) is 17.1. The van der Waals surface area contributed by atoms with Gasteiger partial charge in [-0.15, -0.1) is 0 Å². The smallest absolute Gasteiger partial charge is 0.169 e. The molecule has 0 saturated carbocycles. The molecule has 8 heteroatoms. The number of benzene rings is 2. The molecule has 6 nitrogen and oxygen atoms in total. The highest BCUT2D eigenvalue weighted by atomic mass is 19.2. The summed E-state index contributed by atoms with van der Waals surface area (Å²) < 4.78 is 40.5. The van der Waals surface area contributed by atoms with E-state index >= 15 is 0 Å². The predicted molar refractivity (Wildman–Crippen MR) is 114 cm³/mol. The summed E-state index contributed by atoms with van der Waals surface area (Å²) in [6.07, 6.45) is 3.60. The lowest BCUT2D eigenvalue weighted by molar-refractivity contribution is 0.340. The second-order valence-electron chi connectivity index (χ2n) is 7.17. The largest absolute Gasteiger partial charge is 0.494 e. The molecule has 3 aromatic rings. The van der Waals surface area contributed by atoms with E-state index in [1.807, 2.05) is 48.0 Å². The maximum Gasteiger partial charge on any atom is 0.169 e. The van der Waals surface area contributed by atoms with E-state index < -0.39 is 11.6 Å². The van der Waals surface area contributed by atoms with Crippen molar-refractivity contribution < 1.29 is 18.0 Å². The van der Waals surface area contributed by atoms with Crippen LogP contribution in [0.2, 0.25) is 0 Å². The van der Waals surface area contributed by atoms with Crippen molar-refractivity contribution in [3.8, 4) is 39.8 Å². The van der Waals surface area contributed by atoms with E-state index in [9.17, 15) is 8.78 Å². The van der Waals surface area contributed by atoms with Crippen LogP contribution < -0.4 is 4.74 Å². The van der Waals surface area contributed by atoms with E-state index in [4.69, 9.17) is 9.26 Å². The summed E-state index contributed by atoms with van der Waals surface area (Å²) in [5.74, 6) is -0.280. The van der Waals surface area contributed by atoms with Gasteiger partial charge in [0, 0.05) is 24.0 Å². The van der Waals surface area contributed by atoms with Crippen molar-refractivity contribution in [3.63, 3.8) is 0 Å². The first-order valence-corrected chi connectivity index (χ1v) is 10.1. The Morgan fingerprint density at radius 2 is 1.78 bits per heavy atom. The number of pyridine rings is 1. The number of hydrogen-bond donors (Lipinski definition) is 0. The minimum Gasteiger partial charge on any atom is -0.494 e. The van der Waals surface area contributed by atoms with Gasteiger partial charge >= 0.3 is 0 Å². The summed E-state index contributed by atoms with van der Waals surface area (Å²) in [7, 11) is 0. The average molecular weight is 432 g/mol. The van der Waals surface area contributed by atoms with Crippen molar-refractivity contribution in [1.82, 2.24) is 19.7 Å². The zero-order chi connectivity index (χ0) is 22.1. The van der Waals surface area contributed by atoms with Gasteiger partial charge in [-0.05, 0) is 49.4 Å². The van der Waals surface area contributed by atoms with Crippen molar-refractivity contribution in [2.45, 2.75) is 13.5 Å². The lowest BCUT2D eigenvalue weighted by Gasteiger charge is -2.04. The van der Waals surface area contributed by atoms with Gasteiger partial charge in [0.15, 0.2) is 23.2 Å². The minimum atomic E-state index is -0.959. The number of ether oxygens (including phenoxy) is 1. The number of fused-ring (bicyclic) bond motifs is 1. The van der Waals surface area contributed by atoms with Crippen molar-refractivity contribution in [2.75, 3.05) is 6.61 Å². The van der Waals surface area contributed by atoms with Gasteiger partial charge in [0.05, 0.1) is 24.4 Å². The molecule has 3 heterocycles. The highest BCUT2D eigenvalue weighted by Gasteiger charge is 2.18. The van der Waals surface area contributed by atoms with Crippen LogP contribution in [-0.2, 0) is 6.54 Å². The van der Waals surface area contributed by atoms with E-state index in [-0.39, 0.29) is 11.4 Å². The summed E-state index contributed by atoms with van der Waals surface area (Å²) in [4.78, 5) is 8.69. The topological polar surface area (TPSA) is 66.0 Å². The SMILES string of the molecule is CCOc1ccc(-c2cc(Cn3ccc4nc(-c5cccc(F)c5F)nc-4c3)on2)cc1. The molecule has 32 heavy (non-hydrogen) atoms. The van der Waals surface area contributed by atoms with Gasteiger partial charge in [0.1, 0.15) is 17.1 Å². The third-order valence-electron chi connectivity index (χ3n) is 4.98. The molecule has 1 aromatic heterocycles. The summed E-state index contributed by atoms with van der Waals surface area (Å²) in [5, 5.41) is 4.15. The van der Waals surface area contributed by atoms with Gasteiger partial charge in [0.2, 0.25) is 0 Å². The standard InChI is InChI=1S/C24H18F2N4O2/c1-2-31-16-8-6-15(7-9-16)21-12-17(32-29-21)13-30-11-10-20-22(14-30)28-24(27-20)18-4-3-5-19(25)23(18)26/h3-12,14H,2,13H2,1H3. The molecule has 0 amide bonds. The summed E-state index contributed by atoms with van der Waals surface area (Å²) >= 11 is 0. The van der Waals surface area contributed by atoms with Crippen molar-refractivity contribution >= 4 is 0 Å². The quantitative estimate of drug-likeness (QED) is 0.358. The van der Waals surface area contributed by atoms with E-state index in [1.165, 1.54) is 12.1 Å².